The highest BCUT2D eigenvalue weighted by Crippen LogP contribution is 2.24. The number of para-hydroxylation sites is 2. The molecular weight excluding hydrogens is 399 g/mol. The van der Waals surface area contributed by atoms with Gasteiger partial charge in [0.1, 0.15) is 5.82 Å². The summed E-state index contributed by atoms with van der Waals surface area (Å²) in [6.45, 7) is 1.82. The van der Waals surface area contributed by atoms with Gasteiger partial charge in [0.15, 0.2) is 0 Å². The lowest BCUT2D eigenvalue weighted by molar-refractivity contribution is 0.812. The highest BCUT2D eigenvalue weighted by molar-refractivity contribution is 14.1. The third-order valence-corrected chi connectivity index (χ3v) is 4.36. The third kappa shape index (κ3) is 2.58. The molecule has 1 unspecified atom stereocenters. The van der Waals surface area contributed by atoms with Crippen LogP contribution in [0.25, 0.3) is 16.6 Å². The number of nitrogens with zero attached hydrogens (tertiary/aromatic N) is 2. The second kappa shape index (κ2) is 5.77. The Morgan fingerprint density at radius 3 is 2.52 bits per heavy atom. The molecule has 1 heterocycles. The van der Waals surface area contributed by atoms with E-state index in [0.29, 0.717) is 16.7 Å². The zero-order valence-electron chi connectivity index (χ0n) is 11.3. The Labute approximate surface area is 140 Å². The summed E-state index contributed by atoms with van der Waals surface area (Å²) in [7, 11) is 0. The van der Waals surface area contributed by atoms with Crippen molar-refractivity contribution in [3.8, 4) is 5.69 Å². The summed E-state index contributed by atoms with van der Waals surface area (Å²) in [4.78, 5) is 17.4. The molecule has 1 atom stereocenters. The molecule has 0 spiro atoms. The Morgan fingerprint density at radius 2 is 1.81 bits per heavy atom. The lowest BCUT2D eigenvalue weighted by atomic mass is 10.2. The number of aromatic nitrogens is 2. The zero-order chi connectivity index (χ0) is 15.0. The van der Waals surface area contributed by atoms with Crippen LogP contribution in [0.15, 0.2) is 53.3 Å². The molecular formula is C16H12ClIN2O. The molecule has 0 radical (unpaired) electrons. The standard InChI is InChI=1S/C16H12ClIN2O/c1-10(17)15-19-13-8-4-2-6-11(13)16(21)20(15)14-9-5-3-7-12(14)18/h2-10H,1H3. The first-order valence-electron chi connectivity index (χ1n) is 6.50. The molecule has 0 N–H and O–H groups in total. The lowest BCUT2D eigenvalue weighted by Crippen LogP contribution is -2.25. The van der Waals surface area contributed by atoms with Crippen molar-refractivity contribution in [2.45, 2.75) is 12.3 Å². The molecule has 21 heavy (non-hydrogen) atoms. The molecule has 0 aliphatic rings. The van der Waals surface area contributed by atoms with E-state index in [2.05, 4.69) is 27.6 Å². The van der Waals surface area contributed by atoms with Gasteiger partial charge in [-0.05, 0) is 53.8 Å². The molecule has 106 valence electrons. The normalized spacial score (nSPS) is 12.5. The number of hydrogen-bond acceptors (Lipinski definition) is 2. The van der Waals surface area contributed by atoms with Gasteiger partial charge in [-0.1, -0.05) is 24.3 Å². The zero-order valence-corrected chi connectivity index (χ0v) is 14.2. The second-order valence-electron chi connectivity index (χ2n) is 4.70. The van der Waals surface area contributed by atoms with Crippen molar-refractivity contribution in [3.63, 3.8) is 0 Å². The van der Waals surface area contributed by atoms with Crippen molar-refractivity contribution in [1.82, 2.24) is 9.55 Å². The van der Waals surface area contributed by atoms with Crippen molar-refractivity contribution < 1.29 is 0 Å². The van der Waals surface area contributed by atoms with Gasteiger partial charge in [-0.3, -0.25) is 9.36 Å². The fourth-order valence-electron chi connectivity index (χ4n) is 2.28. The highest BCUT2D eigenvalue weighted by atomic mass is 127. The van der Waals surface area contributed by atoms with Crippen LogP contribution in [0.3, 0.4) is 0 Å². The SMILES string of the molecule is CC(Cl)c1nc2ccccc2c(=O)n1-c1ccccc1I. The molecule has 0 saturated carbocycles. The van der Waals surface area contributed by atoms with Gasteiger partial charge < -0.3 is 0 Å². The number of fused-ring (bicyclic) bond motifs is 1. The van der Waals surface area contributed by atoms with Crippen molar-refractivity contribution >= 4 is 45.1 Å². The van der Waals surface area contributed by atoms with Crippen molar-refractivity contribution in [1.29, 1.82) is 0 Å². The third-order valence-electron chi connectivity index (χ3n) is 3.25. The maximum absolute atomic E-state index is 12.9. The average molecular weight is 411 g/mol. The van der Waals surface area contributed by atoms with E-state index < -0.39 is 0 Å². The Bertz CT molecular complexity index is 874. The first kappa shape index (κ1) is 14.5. The first-order valence-corrected chi connectivity index (χ1v) is 8.02. The van der Waals surface area contributed by atoms with Crippen LogP contribution in [0, 0.1) is 3.57 Å². The van der Waals surface area contributed by atoms with E-state index in [-0.39, 0.29) is 10.9 Å². The van der Waals surface area contributed by atoms with Crippen molar-refractivity contribution in [2.24, 2.45) is 0 Å². The van der Waals surface area contributed by atoms with Crippen LogP contribution in [0.2, 0.25) is 0 Å². The predicted octanol–water partition coefficient (Wildman–Crippen LogP) is 4.29. The molecule has 0 bridgehead atoms. The van der Waals surface area contributed by atoms with Gasteiger partial charge in [0.25, 0.3) is 5.56 Å². The molecule has 3 nitrogen and oxygen atoms in total. The van der Waals surface area contributed by atoms with Crippen LogP contribution in [0.4, 0.5) is 0 Å². The van der Waals surface area contributed by atoms with Gasteiger partial charge in [-0.15, -0.1) is 11.6 Å². The molecule has 0 fully saturated rings. The van der Waals surface area contributed by atoms with Crippen LogP contribution >= 0.6 is 34.2 Å². The summed E-state index contributed by atoms with van der Waals surface area (Å²) in [5.74, 6) is 0.560. The maximum atomic E-state index is 12.9. The molecule has 0 amide bonds. The molecule has 5 heteroatoms. The highest BCUT2D eigenvalue weighted by Gasteiger charge is 2.17. The molecule has 3 aromatic rings. The van der Waals surface area contributed by atoms with Crippen LogP contribution in [-0.2, 0) is 0 Å². The Kier molecular flexibility index (Phi) is 3.99. The Balaban J connectivity index is 2.46. The minimum absolute atomic E-state index is 0.0905. The van der Waals surface area contributed by atoms with Gasteiger partial charge in [-0.25, -0.2) is 4.98 Å². The largest absolute Gasteiger partial charge is 0.268 e. The van der Waals surface area contributed by atoms with E-state index in [9.17, 15) is 4.79 Å². The van der Waals surface area contributed by atoms with Crippen LogP contribution < -0.4 is 5.56 Å². The first-order chi connectivity index (χ1) is 10.1. The van der Waals surface area contributed by atoms with Crippen molar-refractivity contribution in [3.05, 3.63) is 68.3 Å². The van der Waals surface area contributed by atoms with Gasteiger partial charge >= 0.3 is 0 Å². The molecule has 3 rings (SSSR count). The van der Waals surface area contributed by atoms with E-state index in [4.69, 9.17) is 11.6 Å². The number of halogens is 2. The topological polar surface area (TPSA) is 34.9 Å². The van der Waals surface area contributed by atoms with E-state index >= 15 is 0 Å². The quantitative estimate of drug-likeness (QED) is 0.467. The number of hydrogen-bond donors (Lipinski definition) is 0. The van der Waals surface area contributed by atoms with Crippen LogP contribution in [0.1, 0.15) is 18.1 Å². The Hall–Kier alpha value is -1.40. The molecule has 0 saturated heterocycles. The number of alkyl halides is 1. The van der Waals surface area contributed by atoms with E-state index in [1.807, 2.05) is 49.4 Å². The summed E-state index contributed by atoms with van der Waals surface area (Å²) in [6.07, 6.45) is 0. The fourth-order valence-corrected chi connectivity index (χ4v) is 3.06. The maximum Gasteiger partial charge on any atom is 0.266 e. The van der Waals surface area contributed by atoms with E-state index in [1.165, 1.54) is 0 Å². The fraction of sp³-hybridized carbons (Fsp3) is 0.125. The monoisotopic (exact) mass is 410 g/mol. The average Bonchev–Trinajstić information content (AvgIpc) is 2.48. The minimum Gasteiger partial charge on any atom is -0.268 e. The smallest absolute Gasteiger partial charge is 0.266 e. The molecule has 1 aromatic heterocycles. The number of rotatable bonds is 2. The summed E-state index contributed by atoms with van der Waals surface area (Å²) >= 11 is 8.47. The van der Waals surface area contributed by atoms with Gasteiger partial charge in [0.05, 0.1) is 22.0 Å². The summed E-state index contributed by atoms with van der Waals surface area (Å²) in [6, 6.07) is 15.0. The van der Waals surface area contributed by atoms with Crippen LogP contribution in [0.5, 0.6) is 0 Å². The lowest BCUT2D eigenvalue weighted by Gasteiger charge is -2.16. The minimum atomic E-state index is -0.363. The van der Waals surface area contributed by atoms with E-state index in [1.54, 1.807) is 10.6 Å². The summed E-state index contributed by atoms with van der Waals surface area (Å²) in [5.41, 5.74) is 1.39. The van der Waals surface area contributed by atoms with Gasteiger partial charge in [0.2, 0.25) is 0 Å². The van der Waals surface area contributed by atoms with Crippen molar-refractivity contribution in [2.75, 3.05) is 0 Å². The molecule has 0 aliphatic carbocycles. The summed E-state index contributed by atoms with van der Waals surface area (Å²) in [5, 5.41) is 0.233. The summed E-state index contributed by atoms with van der Waals surface area (Å²) < 4.78 is 2.59. The van der Waals surface area contributed by atoms with Crippen LogP contribution in [-0.4, -0.2) is 9.55 Å². The van der Waals surface area contributed by atoms with Gasteiger partial charge in [-0.2, -0.15) is 0 Å². The number of benzene rings is 2. The predicted molar refractivity (Wildman–Crippen MR) is 94.3 cm³/mol. The second-order valence-corrected chi connectivity index (χ2v) is 6.51. The molecule has 0 aliphatic heterocycles. The van der Waals surface area contributed by atoms with Gasteiger partial charge in [0, 0.05) is 3.57 Å². The Morgan fingerprint density at radius 1 is 1.14 bits per heavy atom. The molecule has 2 aromatic carbocycles. The van der Waals surface area contributed by atoms with E-state index in [0.717, 1.165) is 9.26 Å².